The van der Waals surface area contributed by atoms with Gasteiger partial charge in [0.05, 0.1) is 0 Å². The lowest BCUT2D eigenvalue weighted by Crippen LogP contribution is -2.34. The third-order valence-electron chi connectivity index (χ3n) is 2.45. The number of carbonyl (C=O) groups is 1. The van der Waals surface area contributed by atoms with Gasteiger partial charge in [-0.1, -0.05) is 13.8 Å². The maximum absolute atomic E-state index is 11.6. The number of nitrogens with two attached hydrogens (primary N) is 1. The summed E-state index contributed by atoms with van der Waals surface area (Å²) in [6.07, 6.45) is 0. The van der Waals surface area contributed by atoms with Gasteiger partial charge in [0.15, 0.2) is 0 Å². The number of H-pyrrole nitrogens is 1. The summed E-state index contributed by atoms with van der Waals surface area (Å²) in [5.41, 5.74) is 5.81. The van der Waals surface area contributed by atoms with Crippen LogP contribution in [-0.2, 0) is 0 Å². The van der Waals surface area contributed by atoms with Crippen LogP contribution >= 0.6 is 0 Å². The Labute approximate surface area is 95.2 Å². The first-order valence-corrected chi connectivity index (χ1v) is 5.48. The van der Waals surface area contributed by atoms with Crippen molar-refractivity contribution in [3.8, 4) is 0 Å². The number of nitrogen functional groups attached to an aromatic ring is 1. The number of carbonyl (C=O) groups excluding carboxylic acids is 1. The molecule has 0 aliphatic heterocycles. The number of aromatic nitrogens is 2. The van der Waals surface area contributed by atoms with Crippen LogP contribution in [0.2, 0.25) is 0 Å². The van der Waals surface area contributed by atoms with Crippen molar-refractivity contribution in [2.75, 3.05) is 31.9 Å². The molecule has 1 rings (SSSR count). The fourth-order valence-electron chi connectivity index (χ4n) is 1.42. The van der Waals surface area contributed by atoms with Gasteiger partial charge in [-0.2, -0.15) is 5.10 Å². The number of anilines is 1. The van der Waals surface area contributed by atoms with E-state index in [1.165, 1.54) is 6.07 Å². The second kappa shape index (κ2) is 6.12. The molecule has 90 valence electrons. The Morgan fingerprint density at radius 2 is 2.25 bits per heavy atom. The Balaban J connectivity index is 2.30. The molecule has 0 spiro atoms. The van der Waals surface area contributed by atoms with Gasteiger partial charge in [-0.05, 0) is 13.1 Å². The second-order valence-electron chi connectivity index (χ2n) is 3.49. The lowest BCUT2D eigenvalue weighted by Gasteiger charge is -2.17. The molecule has 4 N–H and O–H groups in total. The molecule has 0 atom stereocenters. The lowest BCUT2D eigenvalue weighted by molar-refractivity contribution is 0.0944. The van der Waals surface area contributed by atoms with Gasteiger partial charge in [-0.25, -0.2) is 0 Å². The molecule has 0 bridgehead atoms. The average molecular weight is 225 g/mol. The molecular formula is C10H19N5O. The third-order valence-corrected chi connectivity index (χ3v) is 2.45. The Morgan fingerprint density at radius 1 is 1.56 bits per heavy atom. The van der Waals surface area contributed by atoms with E-state index in [-0.39, 0.29) is 5.91 Å². The van der Waals surface area contributed by atoms with E-state index in [0.717, 1.165) is 19.6 Å². The molecule has 1 aromatic heterocycles. The number of aromatic amines is 1. The molecule has 0 aliphatic rings. The van der Waals surface area contributed by atoms with Crippen LogP contribution in [0.15, 0.2) is 6.07 Å². The van der Waals surface area contributed by atoms with Gasteiger partial charge in [0.2, 0.25) is 0 Å². The number of rotatable bonds is 6. The Bertz CT molecular complexity index is 332. The zero-order valence-corrected chi connectivity index (χ0v) is 9.79. The predicted octanol–water partition coefficient (Wildman–Crippen LogP) is 0.0635. The molecular weight excluding hydrogens is 206 g/mol. The summed E-state index contributed by atoms with van der Waals surface area (Å²) in [5.74, 6) is 0.158. The third kappa shape index (κ3) is 3.54. The first kappa shape index (κ1) is 12.5. The molecule has 1 heterocycles. The van der Waals surface area contributed by atoms with Crippen LogP contribution in [0.3, 0.4) is 0 Å². The molecule has 0 aromatic carbocycles. The molecule has 0 saturated heterocycles. The van der Waals surface area contributed by atoms with Gasteiger partial charge in [-0.15, -0.1) is 0 Å². The number of hydrogen-bond acceptors (Lipinski definition) is 4. The summed E-state index contributed by atoms with van der Waals surface area (Å²) < 4.78 is 0. The highest BCUT2D eigenvalue weighted by molar-refractivity contribution is 5.92. The van der Waals surface area contributed by atoms with E-state index in [2.05, 4.69) is 34.3 Å². The Morgan fingerprint density at radius 3 is 2.75 bits per heavy atom. The van der Waals surface area contributed by atoms with E-state index in [1.54, 1.807) is 0 Å². The number of nitrogens with one attached hydrogen (secondary N) is 2. The minimum atomic E-state index is -0.170. The van der Waals surface area contributed by atoms with Crippen LogP contribution < -0.4 is 11.1 Å². The van der Waals surface area contributed by atoms with Gasteiger partial charge >= 0.3 is 0 Å². The van der Waals surface area contributed by atoms with Gasteiger partial charge in [0, 0.05) is 19.2 Å². The van der Waals surface area contributed by atoms with Crippen LogP contribution in [0.4, 0.5) is 5.82 Å². The van der Waals surface area contributed by atoms with Crippen molar-refractivity contribution < 1.29 is 4.79 Å². The fraction of sp³-hybridized carbons (Fsp3) is 0.600. The summed E-state index contributed by atoms with van der Waals surface area (Å²) in [4.78, 5) is 13.8. The maximum Gasteiger partial charge on any atom is 0.269 e. The van der Waals surface area contributed by atoms with E-state index in [1.807, 2.05) is 0 Å². The Kier molecular flexibility index (Phi) is 4.78. The van der Waals surface area contributed by atoms with Crippen LogP contribution in [0, 0.1) is 0 Å². The van der Waals surface area contributed by atoms with E-state index < -0.39 is 0 Å². The molecule has 1 aromatic rings. The molecule has 0 fully saturated rings. The molecule has 16 heavy (non-hydrogen) atoms. The number of hydrogen-bond donors (Lipinski definition) is 3. The highest BCUT2D eigenvalue weighted by Crippen LogP contribution is 1.99. The SMILES string of the molecule is CCN(CC)CCNC(=O)c1cc(N)n[nH]1. The first-order chi connectivity index (χ1) is 7.67. The topological polar surface area (TPSA) is 87.0 Å². The van der Waals surface area contributed by atoms with Crippen LogP contribution in [0.1, 0.15) is 24.3 Å². The van der Waals surface area contributed by atoms with E-state index in [0.29, 0.717) is 18.1 Å². The standard InChI is InChI=1S/C10H19N5O/c1-3-15(4-2)6-5-12-10(16)8-7-9(11)14-13-8/h7H,3-6H2,1-2H3,(H,12,16)(H3,11,13,14). The van der Waals surface area contributed by atoms with E-state index in [4.69, 9.17) is 5.73 Å². The van der Waals surface area contributed by atoms with Crippen LogP contribution in [0.25, 0.3) is 0 Å². The number of likely N-dealkylation sites (N-methyl/N-ethyl adjacent to an activating group) is 1. The minimum Gasteiger partial charge on any atom is -0.382 e. The zero-order chi connectivity index (χ0) is 12.0. The number of nitrogens with zero attached hydrogens (tertiary/aromatic N) is 2. The summed E-state index contributed by atoms with van der Waals surface area (Å²) in [7, 11) is 0. The summed E-state index contributed by atoms with van der Waals surface area (Å²) in [6, 6.07) is 1.52. The summed E-state index contributed by atoms with van der Waals surface area (Å²) in [5, 5.41) is 9.07. The van der Waals surface area contributed by atoms with Crippen LogP contribution in [0.5, 0.6) is 0 Å². The highest BCUT2D eigenvalue weighted by atomic mass is 16.1. The van der Waals surface area contributed by atoms with Crippen molar-refractivity contribution in [1.82, 2.24) is 20.4 Å². The van der Waals surface area contributed by atoms with Crippen molar-refractivity contribution in [3.05, 3.63) is 11.8 Å². The fourth-order valence-corrected chi connectivity index (χ4v) is 1.42. The quantitative estimate of drug-likeness (QED) is 0.639. The van der Waals surface area contributed by atoms with Crippen molar-refractivity contribution >= 4 is 11.7 Å². The molecule has 0 saturated carbocycles. The Hall–Kier alpha value is -1.56. The van der Waals surface area contributed by atoms with Crippen molar-refractivity contribution in [1.29, 1.82) is 0 Å². The second-order valence-corrected chi connectivity index (χ2v) is 3.49. The summed E-state index contributed by atoms with van der Waals surface area (Å²) >= 11 is 0. The van der Waals surface area contributed by atoms with E-state index >= 15 is 0 Å². The number of amides is 1. The maximum atomic E-state index is 11.6. The first-order valence-electron chi connectivity index (χ1n) is 5.48. The molecule has 0 aliphatic carbocycles. The van der Waals surface area contributed by atoms with Crippen LogP contribution in [-0.4, -0.2) is 47.2 Å². The average Bonchev–Trinajstić information content (AvgIpc) is 2.71. The van der Waals surface area contributed by atoms with Crippen molar-refractivity contribution in [2.45, 2.75) is 13.8 Å². The molecule has 6 nitrogen and oxygen atoms in total. The highest BCUT2D eigenvalue weighted by Gasteiger charge is 2.08. The molecule has 1 amide bonds. The zero-order valence-electron chi connectivity index (χ0n) is 9.79. The minimum absolute atomic E-state index is 0.170. The summed E-state index contributed by atoms with van der Waals surface area (Å²) in [6.45, 7) is 7.65. The monoisotopic (exact) mass is 225 g/mol. The van der Waals surface area contributed by atoms with Crippen molar-refractivity contribution in [3.63, 3.8) is 0 Å². The molecule has 0 radical (unpaired) electrons. The predicted molar refractivity (Wildman–Crippen MR) is 63.1 cm³/mol. The largest absolute Gasteiger partial charge is 0.382 e. The lowest BCUT2D eigenvalue weighted by atomic mass is 10.4. The van der Waals surface area contributed by atoms with Gasteiger partial charge < -0.3 is 16.0 Å². The van der Waals surface area contributed by atoms with Crippen molar-refractivity contribution in [2.24, 2.45) is 0 Å². The van der Waals surface area contributed by atoms with E-state index in [9.17, 15) is 4.79 Å². The molecule has 0 unspecified atom stereocenters. The molecule has 6 heteroatoms. The normalized spacial score (nSPS) is 10.7. The van der Waals surface area contributed by atoms with Gasteiger partial charge in [0.25, 0.3) is 5.91 Å². The van der Waals surface area contributed by atoms with Gasteiger partial charge in [0.1, 0.15) is 11.5 Å². The smallest absolute Gasteiger partial charge is 0.269 e. The van der Waals surface area contributed by atoms with Gasteiger partial charge in [-0.3, -0.25) is 9.89 Å².